The minimum atomic E-state index is 0.858. The number of hydrogen-bond donors (Lipinski definition) is 1. The maximum absolute atomic E-state index is 5.79. The molecule has 0 saturated heterocycles. The minimum absolute atomic E-state index is 0.858. The highest BCUT2D eigenvalue weighted by molar-refractivity contribution is 5.64. The van der Waals surface area contributed by atoms with Crippen molar-refractivity contribution in [1.29, 1.82) is 0 Å². The zero-order valence-corrected chi connectivity index (χ0v) is 9.46. The number of likely N-dealkylation sites (N-methyl/N-ethyl adjacent to an activating group) is 1. The average Bonchev–Trinajstić information content (AvgIpc) is 2.16. The molecule has 0 saturated carbocycles. The molecule has 0 atom stereocenters. The first-order valence-electron chi connectivity index (χ1n) is 5.38. The number of nitrogen functional groups attached to an aromatic ring is 1. The summed E-state index contributed by atoms with van der Waals surface area (Å²) in [4.78, 5) is 2.21. The van der Waals surface area contributed by atoms with Crippen LogP contribution in [0, 0.1) is 0 Å². The van der Waals surface area contributed by atoms with Gasteiger partial charge in [0.2, 0.25) is 0 Å². The lowest BCUT2D eigenvalue weighted by Gasteiger charge is -2.19. The van der Waals surface area contributed by atoms with Gasteiger partial charge in [-0.05, 0) is 50.2 Å². The van der Waals surface area contributed by atoms with Crippen LogP contribution in [0.15, 0.2) is 23.8 Å². The third-order valence-corrected chi connectivity index (χ3v) is 2.76. The Morgan fingerprint density at radius 2 is 2.07 bits per heavy atom. The highest BCUT2D eigenvalue weighted by Gasteiger charge is 2.10. The number of rotatable bonds is 2. The Hall–Kier alpha value is -1.28. The monoisotopic (exact) mass is 202 g/mol. The Kier molecular flexibility index (Phi) is 2.78. The van der Waals surface area contributed by atoms with E-state index in [1.54, 1.807) is 0 Å². The van der Waals surface area contributed by atoms with Crippen molar-refractivity contribution in [3.63, 3.8) is 0 Å². The van der Waals surface area contributed by atoms with Crippen molar-refractivity contribution in [3.8, 4) is 0 Å². The van der Waals surface area contributed by atoms with Crippen LogP contribution in [-0.2, 0) is 6.42 Å². The van der Waals surface area contributed by atoms with Crippen LogP contribution in [0.5, 0.6) is 0 Å². The number of nitrogens with two attached hydrogens (primary N) is 1. The zero-order chi connectivity index (χ0) is 10.8. The molecule has 1 aromatic rings. The van der Waals surface area contributed by atoms with E-state index in [4.69, 9.17) is 5.73 Å². The van der Waals surface area contributed by atoms with Gasteiger partial charge >= 0.3 is 0 Å². The highest BCUT2D eigenvalue weighted by atomic mass is 15.0. The molecule has 0 amide bonds. The van der Waals surface area contributed by atoms with Crippen molar-refractivity contribution in [3.05, 3.63) is 34.9 Å². The van der Waals surface area contributed by atoms with Gasteiger partial charge in [0.1, 0.15) is 0 Å². The Balaban J connectivity index is 2.27. The van der Waals surface area contributed by atoms with Gasteiger partial charge in [0, 0.05) is 12.2 Å². The van der Waals surface area contributed by atoms with Crippen LogP contribution in [0.3, 0.4) is 0 Å². The van der Waals surface area contributed by atoms with Gasteiger partial charge < -0.3 is 10.6 Å². The maximum Gasteiger partial charge on any atom is 0.0320 e. The van der Waals surface area contributed by atoms with E-state index in [9.17, 15) is 0 Å². The van der Waals surface area contributed by atoms with Gasteiger partial charge in [-0.15, -0.1) is 0 Å². The van der Waals surface area contributed by atoms with E-state index < -0.39 is 0 Å². The molecule has 2 N–H and O–H groups in total. The number of anilines is 1. The van der Waals surface area contributed by atoms with Crippen LogP contribution in [0.4, 0.5) is 5.69 Å². The molecule has 2 heteroatoms. The molecule has 80 valence electrons. The fourth-order valence-electron chi connectivity index (χ4n) is 2.09. The number of aryl methyl sites for hydroxylation is 1. The van der Waals surface area contributed by atoms with Gasteiger partial charge in [0.15, 0.2) is 0 Å². The first-order valence-corrected chi connectivity index (χ1v) is 5.38. The molecular weight excluding hydrogens is 184 g/mol. The van der Waals surface area contributed by atoms with E-state index in [-0.39, 0.29) is 0 Å². The first kappa shape index (κ1) is 10.2. The third kappa shape index (κ3) is 2.39. The van der Waals surface area contributed by atoms with Gasteiger partial charge in [-0.2, -0.15) is 0 Å². The minimum Gasteiger partial charge on any atom is -0.399 e. The van der Waals surface area contributed by atoms with Crippen molar-refractivity contribution in [2.24, 2.45) is 0 Å². The molecule has 0 aromatic heterocycles. The van der Waals surface area contributed by atoms with Gasteiger partial charge in [0.25, 0.3) is 0 Å². The van der Waals surface area contributed by atoms with Crippen LogP contribution in [0.1, 0.15) is 17.5 Å². The second-order valence-electron chi connectivity index (χ2n) is 4.50. The first-order chi connectivity index (χ1) is 7.15. The van der Waals surface area contributed by atoms with Crippen molar-refractivity contribution in [2.75, 3.05) is 26.4 Å². The quantitative estimate of drug-likeness (QED) is 0.745. The lowest BCUT2D eigenvalue weighted by atomic mass is 9.92. The summed E-state index contributed by atoms with van der Waals surface area (Å²) in [5.41, 5.74) is 10.9. The number of nitrogens with zero attached hydrogens (tertiary/aromatic N) is 1. The second kappa shape index (κ2) is 4.07. The Morgan fingerprint density at radius 1 is 1.27 bits per heavy atom. The molecule has 15 heavy (non-hydrogen) atoms. The predicted molar refractivity (Wildman–Crippen MR) is 65.7 cm³/mol. The largest absolute Gasteiger partial charge is 0.399 e. The molecule has 1 aliphatic carbocycles. The molecule has 0 bridgehead atoms. The van der Waals surface area contributed by atoms with Gasteiger partial charge in [0.05, 0.1) is 0 Å². The van der Waals surface area contributed by atoms with Crippen LogP contribution >= 0.6 is 0 Å². The summed E-state index contributed by atoms with van der Waals surface area (Å²) in [6, 6.07) is 6.21. The van der Waals surface area contributed by atoms with Gasteiger partial charge in [-0.3, -0.25) is 0 Å². The van der Waals surface area contributed by atoms with E-state index in [1.807, 2.05) is 6.07 Å². The fourth-order valence-corrected chi connectivity index (χ4v) is 2.09. The molecule has 0 unspecified atom stereocenters. The molecule has 1 aliphatic rings. The average molecular weight is 202 g/mol. The van der Waals surface area contributed by atoms with E-state index in [1.165, 1.54) is 23.1 Å². The van der Waals surface area contributed by atoms with E-state index in [2.05, 4.69) is 37.2 Å². The smallest absolute Gasteiger partial charge is 0.0320 e. The van der Waals surface area contributed by atoms with Crippen LogP contribution < -0.4 is 5.73 Å². The van der Waals surface area contributed by atoms with Crippen molar-refractivity contribution in [2.45, 2.75) is 12.8 Å². The van der Waals surface area contributed by atoms with Gasteiger partial charge in [-0.25, -0.2) is 0 Å². The van der Waals surface area contributed by atoms with Crippen LogP contribution in [0.25, 0.3) is 6.08 Å². The molecule has 0 aliphatic heterocycles. The molecule has 0 spiro atoms. The summed E-state index contributed by atoms with van der Waals surface area (Å²) in [7, 11) is 4.21. The predicted octanol–water partition coefficient (Wildman–Crippen LogP) is 2.16. The number of hydrogen-bond acceptors (Lipinski definition) is 2. The molecule has 2 rings (SSSR count). The van der Waals surface area contributed by atoms with Crippen LogP contribution in [-0.4, -0.2) is 25.5 Å². The lowest BCUT2D eigenvalue weighted by Crippen LogP contribution is -2.17. The van der Waals surface area contributed by atoms with E-state index in [0.29, 0.717) is 0 Å². The number of fused-ring (bicyclic) bond motifs is 1. The molecular formula is C13H18N2. The number of benzene rings is 1. The van der Waals surface area contributed by atoms with Crippen molar-refractivity contribution >= 4 is 11.8 Å². The Labute approximate surface area is 91.4 Å². The Bertz CT molecular complexity index is 392. The SMILES string of the molecule is CN(C)CC1=Cc2cc(N)ccc2CC1. The summed E-state index contributed by atoms with van der Waals surface area (Å²) in [6.07, 6.45) is 4.61. The summed E-state index contributed by atoms with van der Waals surface area (Å²) in [5, 5.41) is 0. The standard InChI is InChI=1S/C13H18N2/c1-15(2)9-10-3-4-11-5-6-13(14)8-12(11)7-10/h5-8H,3-4,9,14H2,1-2H3. The van der Waals surface area contributed by atoms with E-state index in [0.717, 1.165) is 18.7 Å². The maximum atomic E-state index is 5.79. The second-order valence-corrected chi connectivity index (χ2v) is 4.50. The lowest BCUT2D eigenvalue weighted by molar-refractivity contribution is 0.440. The van der Waals surface area contributed by atoms with Crippen molar-refractivity contribution in [1.82, 2.24) is 4.90 Å². The van der Waals surface area contributed by atoms with Crippen LogP contribution in [0.2, 0.25) is 0 Å². The molecule has 2 nitrogen and oxygen atoms in total. The molecule has 1 aromatic carbocycles. The topological polar surface area (TPSA) is 29.3 Å². The third-order valence-electron chi connectivity index (χ3n) is 2.76. The normalized spacial score (nSPS) is 15.0. The fraction of sp³-hybridized carbons (Fsp3) is 0.385. The summed E-state index contributed by atoms with van der Waals surface area (Å²) in [6.45, 7) is 1.05. The van der Waals surface area contributed by atoms with E-state index >= 15 is 0 Å². The van der Waals surface area contributed by atoms with Crippen molar-refractivity contribution < 1.29 is 0 Å². The highest BCUT2D eigenvalue weighted by Crippen LogP contribution is 2.25. The summed E-state index contributed by atoms with van der Waals surface area (Å²) < 4.78 is 0. The molecule has 0 heterocycles. The zero-order valence-electron chi connectivity index (χ0n) is 9.46. The summed E-state index contributed by atoms with van der Waals surface area (Å²) >= 11 is 0. The van der Waals surface area contributed by atoms with Gasteiger partial charge in [-0.1, -0.05) is 17.7 Å². The molecule has 0 radical (unpaired) electrons. The molecule has 0 fully saturated rings. The summed E-state index contributed by atoms with van der Waals surface area (Å²) in [5.74, 6) is 0. The Morgan fingerprint density at radius 3 is 2.80 bits per heavy atom.